The van der Waals surface area contributed by atoms with Crippen molar-refractivity contribution >= 4 is 43.8 Å². The van der Waals surface area contributed by atoms with Gasteiger partial charge in [-0.2, -0.15) is 4.98 Å². The number of aryl methyl sites for hydroxylation is 1. The second kappa shape index (κ2) is 5.35. The molecule has 2 aromatic carbocycles. The minimum atomic E-state index is 0.472. The molecule has 2 heterocycles. The van der Waals surface area contributed by atoms with Crippen LogP contribution in [0, 0.1) is 6.92 Å². The van der Waals surface area contributed by atoms with Crippen molar-refractivity contribution in [2.24, 2.45) is 0 Å². The minimum Gasteiger partial charge on any atom is -0.423 e. The molecule has 0 radical (unpaired) electrons. The molecule has 0 saturated heterocycles. The minimum absolute atomic E-state index is 0.472. The Labute approximate surface area is 138 Å². The van der Waals surface area contributed by atoms with E-state index in [9.17, 15) is 0 Å². The number of fused-ring (bicyclic) bond motifs is 2. The normalized spacial score (nSPS) is 11.7. The van der Waals surface area contributed by atoms with Crippen molar-refractivity contribution < 1.29 is 4.42 Å². The fourth-order valence-corrected chi connectivity index (χ4v) is 3.49. The van der Waals surface area contributed by atoms with Crippen LogP contribution in [0.15, 0.2) is 40.8 Å². The molecule has 1 N–H and O–H groups in total. The summed E-state index contributed by atoms with van der Waals surface area (Å²) in [6, 6.07) is 12.9. The van der Waals surface area contributed by atoms with E-state index in [1.54, 1.807) is 11.3 Å². The van der Waals surface area contributed by atoms with Crippen LogP contribution in [0.1, 0.15) is 30.9 Å². The first kappa shape index (κ1) is 14.2. The molecule has 4 rings (SSSR count). The largest absolute Gasteiger partial charge is 0.423 e. The number of hydrogen-bond acceptors (Lipinski definition) is 5. The second-order valence-corrected chi connectivity index (χ2v) is 7.05. The van der Waals surface area contributed by atoms with Crippen LogP contribution in [0.25, 0.3) is 21.3 Å². The van der Waals surface area contributed by atoms with Gasteiger partial charge in [0.1, 0.15) is 5.52 Å². The molecule has 0 unspecified atom stereocenters. The van der Waals surface area contributed by atoms with Gasteiger partial charge < -0.3 is 4.42 Å². The molecular weight excluding hydrogens is 306 g/mol. The van der Waals surface area contributed by atoms with E-state index in [4.69, 9.17) is 4.42 Å². The Morgan fingerprint density at radius 1 is 1.04 bits per heavy atom. The van der Waals surface area contributed by atoms with Crippen LogP contribution in [0.2, 0.25) is 0 Å². The zero-order valence-electron chi connectivity index (χ0n) is 13.3. The van der Waals surface area contributed by atoms with Crippen LogP contribution in [0.3, 0.4) is 0 Å². The first-order chi connectivity index (χ1) is 11.1. The van der Waals surface area contributed by atoms with E-state index >= 15 is 0 Å². The molecule has 116 valence electrons. The van der Waals surface area contributed by atoms with Crippen molar-refractivity contribution in [2.75, 3.05) is 5.32 Å². The van der Waals surface area contributed by atoms with Crippen molar-refractivity contribution in [3.63, 3.8) is 0 Å². The Kier molecular flexibility index (Phi) is 3.31. The highest BCUT2D eigenvalue weighted by atomic mass is 32.1. The topological polar surface area (TPSA) is 51.0 Å². The van der Waals surface area contributed by atoms with Crippen LogP contribution in [-0.4, -0.2) is 9.97 Å². The van der Waals surface area contributed by atoms with E-state index in [0.29, 0.717) is 11.9 Å². The predicted octanol–water partition coefficient (Wildman–Crippen LogP) is 5.61. The summed E-state index contributed by atoms with van der Waals surface area (Å²) in [6.45, 7) is 6.42. The lowest BCUT2D eigenvalue weighted by molar-refractivity contribution is 0.623. The zero-order valence-corrected chi connectivity index (χ0v) is 14.1. The van der Waals surface area contributed by atoms with Gasteiger partial charge in [0.05, 0.1) is 10.2 Å². The van der Waals surface area contributed by atoms with Gasteiger partial charge in [0.2, 0.25) is 0 Å². The van der Waals surface area contributed by atoms with Gasteiger partial charge in [0.25, 0.3) is 0 Å². The van der Waals surface area contributed by atoms with E-state index in [1.165, 1.54) is 11.1 Å². The molecule has 0 atom stereocenters. The lowest BCUT2D eigenvalue weighted by atomic mass is 10.0. The Morgan fingerprint density at radius 2 is 1.91 bits per heavy atom. The zero-order chi connectivity index (χ0) is 16.0. The number of aromatic nitrogens is 2. The molecule has 0 aliphatic rings. The summed E-state index contributed by atoms with van der Waals surface area (Å²) >= 11 is 1.60. The van der Waals surface area contributed by atoms with E-state index in [-0.39, 0.29) is 0 Å². The number of thiazole rings is 1. The van der Waals surface area contributed by atoms with Gasteiger partial charge in [-0.3, -0.25) is 5.32 Å². The van der Waals surface area contributed by atoms with Crippen molar-refractivity contribution in [3.8, 4) is 0 Å². The monoisotopic (exact) mass is 323 g/mol. The van der Waals surface area contributed by atoms with Crippen molar-refractivity contribution in [1.29, 1.82) is 0 Å². The molecule has 4 aromatic rings. The van der Waals surface area contributed by atoms with Crippen molar-refractivity contribution in [2.45, 2.75) is 26.7 Å². The van der Waals surface area contributed by atoms with Crippen molar-refractivity contribution in [3.05, 3.63) is 47.5 Å². The Bertz CT molecular complexity index is 1000. The second-order valence-electron chi connectivity index (χ2n) is 6.02. The molecule has 0 fully saturated rings. The Hall–Kier alpha value is -2.40. The molecule has 0 saturated carbocycles. The number of oxazole rings is 1. The lowest BCUT2D eigenvalue weighted by Gasteiger charge is -2.02. The Morgan fingerprint density at radius 3 is 2.74 bits per heavy atom. The number of rotatable bonds is 3. The maximum atomic E-state index is 5.77. The summed E-state index contributed by atoms with van der Waals surface area (Å²) in [7, 11) is 0. The van der Waals surface area contributed by atoms with Crippen LogP contribution >= 0.6 is 11.3 Å². The summed E-state index contributed by atoms with van der Waals surface area (Å²) in [5.74, 6) is 0.472. The van der Waals surface area contributed by atoms with Crippen LogP contribution in [-0.2, 0) is 0 Å². The number of anilines is 2. The van der Waals surface area contributed by atoms with E-state index in [2.05, 4.69) is 60.3 Å². The molecule has 0 aliphatic heterocycles. The summed E-state index contributed by atoms with van der Waals surface area (Å²) in [5.41, 5.74) is 5.13. The number of benzene rings is 2. The highest BCUT2D eigenvalue weighted by molar-refractivity contribution is 7.22. The molecule has 23 heavy (non-hydrogen) atoms. The fraction of sp³-hybridized carbons (Fsp3) is 0.222. The lowest BCUT2D eigenvalue weighted by Crippen LogP contribution is -1.88. The Balaban J connectivity index is 1.68. The first-order valence-electron chi connectivity index (χ1n) is 7.63. The molecule has 4 nitrogen and oxygen atoms in total. The number of nitrogens with one attached hydrogen (secondary N) is 1. The third-order valence-electron chi connectivity index (χ3n) is 3.84. The van der Waals surface area contributed by atoms with Gasteiger partial charge >= 0.3 is 6.01 Å². The van der Waals surface area contributed by atoms with E-state index in [1.807, 2.05) is 12.1 Å². The molecular formula is C18H17N3OS. The fourth-order valence-electron chi connectivity index (χ4n) is 2.53. The highest BCUT2D eigenvalue weighted by Gasteiger charge is 2.10. The van der Waals surface area contributed by atoms with Gasteiger partial charge in [0.15, 0.2) is 10.7 Å². The quantitative estimate of drug-likeness (QED) is 0.532. The number of nitrogens with zero attached hydrogens (tertiary/aromatic N) is 2. The maximum Gasteiger partial charge on any atom is 0.302 e. The molecule has 5 heteroatoms. The average Bonchev–Trinajstić information content (AvgIpc) is 3.08. The van der Waals surface area contributed by atoms with E-state index in [0.717, 1.165) is 26.4 Å². The summed E-state index contributed by atoms with van der Waals surface area (Å²) in [6.07, 6.45) is 0. The van der Waals surface area contributed by atoms with Crippen LogP contribution in [0.5, 0.6) is 0 Å². The highest BCUT2D eigenvalue weighted by Crippen LogP contribution is 2.30. The summed E-state index contributed by atoms with van der Waals surface area (Å²) < 4.78 is 6.93. The number of hydrogen-bond donors (Lipinski definition) is 1. The molecule has 0 spiro atoms. The molecule has 0 bridgehead atoms. The van der Waals surface area contributed by atoms with Crippen LogP contribution in [0.4, 0.5) is 11.1 Å². The SMILES string of the molecule is Cc1ccc2nc(Nc3nc4cc(C(C)C)ccc4o3)sc2c1. The predicted molar refractivity (Wildman–Crippen MR) is 95.7 cm³/mol. The van der Waals surface area contributed by atoms with Crippen LogP contribution < -0.4 is 5.32 Å². The first-order valence-corrected chi connectivity index (χ1v) is 8.45. The summed E-state index contributed by atoms with van der Waals surface area (Å²) in [4.78, 5) is 9.10. The average molecular weight is 323 g/mol. The standard InChI is InChI=1S/C18H17N3OS/c1-10(2)12-5-7-15-14(9-12)19-17(22-15)21-18-20-13-6-4-11(3)8-16(13)23-18/h4-10H,1-3H3,(H,19,20,21). The molecule has 0 amide bonds. The van der Waals surface area contributed by atoms with Gasteiger partial charge in [-0.1, -0.05) is 37.3 Å². The maximum absolute atomic E-state index is 5.77. The van der Waals surface area contributed by atoms with Crippen molar-refractivity contribution in [1.82, 2.24) is 9.97 Å². The van der Waals surface area contributed by atoms with Gasteiger partial charge in [-0.25, -0.2) is 4.98 Å². The summed E-state index contributed by atoms with van der Waals surface area (Å²) in [5, 5.41) is 3.97. The van der Waals surface area contributed by atoms with Gasteiger partial charge in [-0.05, 0) is 48.2 Å². The van der Waals surface area contributed by atoms with E-state index < -0.39 is 0 Å². The molecule has 0 aliphatic carbocycles. The third kappa shape index (κ3) is 2.68. The smallest absolute Gasteiger partial charge is 0.302 e. The van der Waals surface area contributed by atoms with Gasteiger partial charge in [0, 0.05) is 0 Å². The molecule has 2 aromatic heterocycles. The van der Waals surface area contributed by atoms with Gasteiger partial charge in [-0.15, -0.1) is 0 Å². The third-order valence-corrected chi connectivity index (χ3v) is 4.77.